The molecule has 1 aromatic heterocycles. The zero-order chi connectivity index (χ0) is 10.3. The van der Waals surface area contributed by atoms with Crippen LogP contribution in [-0.4, -0.2) is 4.98 Å². The number of para-hydroxylation sites is 1. The molecule has 4 nitrogen and oxygen atoms in total. The van der Waals surface area contributed by atoms with Gasteiger partial charge >= 0.3 is 0 Å². The van der Waals surface area contributed by atoms with E-state index in [1.54, 1.807) is 24.5 Å². The molecule has 0 atom stereocenters. The van der Waals surface area contributed by atoms with Crippen LogP contribution in [-0.2, 0) is 0 Å². The van der Waals surface area contributed by atoms with Gasteiger partial charge < -0.3 is 0 Å². The van der Waals surface area contributed by atoms with Crippen molar-refractivity contribution < 1.29 is 0 Å². The molecular weight excluding hydrogens is 188 g/mol. The van der Waals surface area contributed by atoms with Gasteiger partial charge in [0.1, 0.15) is 0 Å². The standard InChI is InChI=1S/C11H10N4/c1-2-4-10(5-3-1)13-15-14-11-6-8-12-9-7-11/h1-9H,(H,12,13,14). The highest BCUT2D eigenvalue weighted by Crippen LogP contribution is 2.10. The molecule has 15 heavy (non-hydrogen) atoms. The fourth-order valence-electron chi connectivity index (χ4n) is 1.06. The molecule has 0 unspecified atom stereocenters. The van der Waals surface area contributed by atoms with E-state index in [1.807, 2.05) is 30.3 Å². The Morgan fingerprint density at radius 1 is 0.933 bits per heavy atom. The van der Waals surface area contributed by atoms with Gasteiger partial charge in [-0.15, -0.1) is 5.11 Å². The second-order valence-corrected chi connectivity index (χ2v) is 2.88. The number of nitrogens with zero attached hydrogens (tertiary/aromatic N) is 3. The van der Waals surface area contributed by atoms with Crippen LogP contribution in [0.25, 0.3) is 0 Å². The summed E-state index contributed by atoms with van der Waals surface area (Å²) in [6, 6.07) is 13.2. The molecule has 1 heterocycles. The minimum atomic E-state index is 0.772. The predicted molar refractivity (Wildman–Crippen MR) is 58.8 cm³/mol. The van der Waals surface area contributed by atoms with E-state index in [9.17, 15) is 0 Å². The van der Waals surface area contributed by atoms with E-state index in [0.717, 1.165) is 11.4 Å². The number of hydrogen-bond donors (Lipinski definition) is 1. The van der Waals surface area contributed by atoms with Gasteiger partial charge in [-0.1, -0.05) is 23.4 Å². The van der Waals surface area contributed by atoms with Crippen molar-refractivity contribution in [2.24, 2.45) is 10.3 Å². The van der Waals surface area contributed by atoms with Gasteiger partial charge in [-0.2, -0.15) is 0 Å². The van der Waals surface area contributed by atoms with E-state index in [1.165, 1.54) is 0 Å². The first kappa shape index (κ1) is 9.33. The van der Waals surface area contributed by atoms with E-state index >= 15 is 0 Å². The predicted octanol–water partition coefficient (Wildman–Crippen LogP) is 3.19. The van der Waals surface area contributed by atoms with Crippen LogP contribution >= 0.6 is 0 Å². The molecule has 0 aliphatic carbocycles. The molecule has 0 aliphatic rings. The first-order valence-electron chi connectivity index (χ1n) is 4.57. The summed E-state index contributed by atoms with van der Waals surface area (Å²) in [5.41, 5.74) is 4.52. The summed E-state index contributed by atoms with van der Waals surface area (Å²) in [6.45, 7) is 0. The number of benzene rings is 1. The summed E-state index contributed by atoms with van der Waals surface area (Å²) in [5.74, 6) is 0. The van der Waals surface area contributed by atoms with E-state index in [2.05, 4.69) is 20.7 Å². The number of pyridine rings is 1. The molecule has 74 valence electrons. The number of anilines is 1. The third-order valence-corrected chi connectivity index (χ3v) is 1.78. The summed E-state index contributed by atoms with van der Waals surface area (Å²) in [4.78, 5) is 3.89. The summed E-state index contributed by atoms with van der Waals surface area (Å²) >= 11 is 0. The molecule has 1 aromatic carbocycles. The number of aromatic nitrogens is 1. The number of hydrogen-bond acceptors (Lipinski definition) is 3. The van der Waals surface area contributed by atoms with Gasteiger partial charge in [0, 0.05) is 12.4 Å². The Hall–Kier alpha value is -2.23. The van der Waals surface area contributed by atoms with Crippen molar-refractivity contribution in [2.45, 2.75) is 0 Å². The Bertz CT molecular complexity index is 425. The first-order chi connectivity index (χ1) is 7.45. The lowest BCUT2D eigenvalue weighted by molar-refractivity contribution is 1.12. The molecule has 4 heteroatoms. The summed E-state index contributed by atoms with van der Waals surface area (Å²) in [6.07, 6.45) is 3.35. The van der Waals surface area contributed by atoms with Crippen LogP contribution < -0.4 is 5.43 Å². The maximum Gasteiger partial charge on any atom is 0.0904 e. The molecule has 0 saturated carbocycles. The maximum absolute atomic E-state index is 3.98. The normalized spacial score (nSPS) is 10.4. The molecule has 2 rings (SSSR count). The van der Waals surface area contributed by atoms with Crippen LogP contribution in [0.15, 0.2) is 65.2 Å². The molecule has 0 amide bonds. The van der Waals surface area contributed by atoms with Gasteiger partial charge in [-0.3, -0.25) is 10.4 Å². The van der Waals surface area contributed by atoms with Crippen molar-refractivity contribution in [3.63, 3.8) is 0 Å². The molecule has 1 N–H and O–H groups in total. The Kier molecular flexibility index (Phi) is 3.02. The van der Waals surface area contributed by atoms with Crippen LogP contribution in [0, 0.1) is 0 Å². The Morgan fingerprint density at radius 3 is 2.40 bits per heavy atom. The molecule has 0 saturated heterocycles. The van der Waals surface area contributed by atoms with Gasteiger partial charge in [-0.25, -0.2) is 0 Å². The van der Waals surface area contributed by atoms with Crippen molar-refractivity contribution in [3.05, 3.63) is 54.9 Å². The maximum atomic E-state index is 3.98. The number of nitrogens with one attached hydrogen (secondary N) is 1. The van der Waals surface area contributed by atoms with Gasteiger partial charge in [0.25, 0.3) is 0 Å². The fourth-order valence-corrected chi connectivity index (χ4v) is 1.06. The van der Waals surface area contributed by atoms with Gasteiger partial charge in [0.15, 0.2) is 0 Å². The van der Waals surface area contributed by atoms with Gasteiger partial charge in [0.2, 0.25) is 0 Å². The highest BCUT2D eigenvalue weighted by Gasteiger charge is 1.86. The van der Waals surface area contributed by atoms with E-state index in [0.29, 0.717) is 0 Å². The highest BCUT2D eigenvalue weighted by atomic mass is 15.4. The fraction of sp³-hybridized carbons (Fsp3) is 0. The Balaban J connectivity index is 1.97. The second-order valence-electron chi connectivity index (χ2n) is 2.88. The lowest BCUT2D eigenvalue weighted by Gasteiger charge is -1.96. The summed E-state index contributed by atoms with van der Waals surface area (Å²) < 4.78 is 0. The van der Waals surface area contributed by atoms with Crippen LogP contribution in [0.3, 0.4) is 0 Å². The van der Waals surface area contributed by atoms with E-state index in [-0.39, 0.29) is 0 Å². The van der Waals surface area contributed by atoms with E-state index < -0.39 is 0 Å². The average Bonchev–Trinajstić information content (AvgIpc) is 2.32. The largest absolute Gasteiger partial charge is 0.265 e. The van der Waals surface area contributed by atoms with E-state index in [4.69, 9.17) is 0 Å². The van der Waals surface area contributed by atoms with Crippen LogP contribution in [0.2, 0.25) is 0 Å². The van der Waals surface area contributed by atoms with Gasteiger partial charge in [-0.05, 0) is 24.3 Å². The average molecular weight is 198 g/mol. The zero-order valence-corrected chi connectivity index (χ0v) is 8.04. The van der Waals surface area contributed by atoms with Crippen LogP contribution in [0.5, 0.6) is 0 Å². The van der Waals surface area contributed by atoms with Crippen molar-refractivity contribution in [1.29, 1.82) is 0 Å². The minimum Gasteiger partial charge on any atom is -0.265 e. The Labute approximate surface area is 87.7 Å². The molecule has 2 aromatic rings. The van der Waals surface area contributed by atoms with Crippen molar-refractivity contribution in [1.82, 2.24) is 4.98 Å². The van der Waals surface area contributed by atoms with Gasteiger partial charge in [0.05, 0.1) is 11.4 Å². The molecule has 0 aliphatic heterocycles. The molecule has 0 fully saturated rings. The molecular formula is C11H10N4. The van der Waals surface area contributed by atoms with Crippen molar-refractivity contribution in [3.8, 4) is 0 Å². The summed E-state index contributed by atoms with van der Waals surface area (Å²) in [7, 11) is 0. The monoisotopic (exact) mass is 198 g/mol. The quantitative estimate of drug-likeness (QED) is 0.608. The van der Waals surface area contributed by atoms with Crippen LogP contribution in [0.1, 0.15) is 0 Å². The topological polar surface area (TPSA) is 49.6 Å². The smallest absolute Gasteiger partial charge is 0.0904 e. The molecule has 0 radical (unpaired) electrons. The first-order valence-corrected chi connectivity index (χ1v) is 4.57. The number of rotatable bonds is 3. The Morgan fingerprint density at radius 2 is 1.67 bits per heavy atom. The third-order valence-electron chi connectivity index (χ3n) is 1.78. The molecule has 0 spiro atoms. The van der Waals surface area contributed by atoms with Crippen LogP contribution in [0.4, 0.5) is 11.4 Å². The van der Waals surface area contributed by atoms with Crippen molar-refractivity contribution in [2.75, 3.05) is 5.43 Å². The second kappa shape index (κ2) is 4.85. The lowest BCUT2D eigenvalue weighted by atomic mass is 10.3. The summed E-state index contributed by atoms with van der Waals surface area (Å²) in [5, 5.41) is 7.83. The molecule has 0 bridgehead atoms. The third kappa shape index (κ3) is 2.87. The lowest BCUT2D eigenvalue weighted by Crippen LogP contribution is -1.84. The SMILES string of the molecule is c1ccc(NN=Nc2ccncc2)cc1. The minimum absolute atomic E-state index is 0.772. The highest BCUT2D eigenvalue weighted by molar-refractivity contribution is 5.41. The van der Waals surface area contributed by atoms with Crippen molar-refractivity contribution >= 4 is 11.4 Å². The zero-order valence-electron chi connectivity index (χ0n) is 8.04.